The van der Waals surface area contributed by atoms with E-state index in [9.17, 15) is 4.79 Å². The number of carbonyl (C=O) groups is 1. The summed E-state index contributed by atoms with van der Waals surface area (Å²) >= 11 is 0. The number of benzene rings is 1. The third kappa shape index (κ3) is 4.88. The largest absolute Gasteiger partial charge is 0.367 e. The molecule has 2 aromatic rings. The average Bonchev–Trinajstić information content (AvgIpc) is 2.64. The summed E-state index contributed by atoms with van der Waals surface area (Å²) in [6, 6.07) is 15.9. The van der Waals surface area contributed by atoms with E-state index in [0.717, 1.165) is 44.0 Å². The van der Waals surface area contributed by atoms with Crippen molar-refractivity contribution in [3.63, 3.8) is 0 Å². The van der Waals surface area contributed by atoms with Crippen molar-refractivity contribution in [2.24, 2.45) is 0 Å². The van der Waals surface area contributed by atoms with E-state index in [-0.39, 0.29) is 12.5 Å². The molecule has 1 aliphatic heterocycles. The van der Waals surface area contributed by atoms with Crippen molar-refractivity contribution >= 4 is 5.91 Å². The maximum absolute atomic E-state index is 12.2. The lowest BCUT2D eigenvalue weighted by Crippen LogP contribution is -2.49. The molecule has 3 rings (SSSR count). The van der Waals surface area contributed by atoms with Gasteiger partial charge in [0.05, 0.1) is 12.3 Å². The molecule has 2 heterocycles. The summed E-state index contributed by atoms with van der Waals surface area (Å²) in [4.78, 5) is 20.8. The molecule has 0 atom stereocenters. The van der Waals surface area contributed by atoms with Gasteiger partial charge in [0.25, 0.3) is 0 Å². The predicted octanol–water partition coefficient (Wildman–Crippen LogP) is 1.94. The van der Waals surface area contributed by atoms with E-state index in [1.54, 1.807) is 0 Å². The molecule has 5 heteroatoms. The number of amides is 1. The van der Waals surface area contributed by atoms with Gasteiger partial charge in [0, 0.05) is 38.9 Å². The summed E-state index contributed by atoms with van der Waals surface area (Å²) in [5, 5.41) is 0. The van der Waals surface area contributed by atoms with Gasteiger partial charge in [-0.3, -0.25) is 14.7 Å². The topological polar surface area (TPSA) is 45.7 Å². The van der Waals surface area contributed by atoms with E-state index in [1.165, 1.54) is 0 Å². The maximum atomic E-state index is 12.2. The molecule has 126 valence electrons. The Bertz CT molecular complexity index is 626. The molecule has 0 N–H and O–H groups in total. The molecular formula is C19H23N3O2. The number of pyridine rings is 1. The molecule has 0 saturated carbocycles. The van der Waals surface area contributed by atoms with Crippen molar-refractivity contribution in [1.82, 2.24) is 14.8 Å². The molecule has 0 unspecified atom stereocenters. The fourth-order valence-electron chi connectivity index (χ4n) is 2.80. The fourth-order valence-corrected chi connectivity index (χ4v) is 2.80. The van der Waals surface area contributed by atoms with Crippen molar-refractivity contribution in [2.75, 3.05) is 32.8 Å². The number of carbonyl (C=O) groups excluding carboxylic acids is 1. The van der Waals surface area contributed by atoms with Crippen molar-refractivity contribution in [3.05, 3.63) is 66.0 Å². The number of rotatable bonds is 6. The Kier molecular flexibility index (Phi) is 5.93. The lowest BCUT2D eigenvalue weighted by molar-refractivity contribution is -0.138. The summed E-state index contributed by atoms with van der Waals surface area (Å²) in [6.07, 6.45) is 1.82. The highest BCUT2D eigenvalue weighted by molar-refractivity contribution is 5.77. The van der Waals surface area contributed by atoms with Gasteiger partial charge in [0.2, 0.25) is 5.91 Å². The zero-order valence-electron chi connectivity index (χ0n) is 13.8. The first-order valence-corrected chi connectivity index (χ1v) is 8.33. The Hall–Kier alpha value is -2.24. The normalized spacial score (nSPS) is 15.4. The third-order valence-electron chi connectivity index (χ3n) is 4.17. The van der Waals surface area contributed by atoms with Crippen LogP contribution in [0.4, 0.5) is 0 Å². The minimum atomic E-state index is 0.0726. The van der Waals surface area contributed by atoms with E-state index in [0.29, 0.717) is 6.61 Å². The Morgan fingerprint density at radius 1 is 1.00 bits per heavy atom. The summed E-state index contributed by atoms with van der Waals surface area (Å²) in [7, 11) is 0. The van der Waals surface area contributed by atoms with E-state index in [1.807, 2.05) is 59.6 Å². The van der Waals surface area contributed by atoms with Crippen LogP contribution in [-0.2, 0) is 22.7 Å². The SMILES string of the molecule is O=C(COCc1ccccc1)N1CCN(Cc2ccccn2)CC1. The molecule has 0 spiro atoms. The van der Waals surface area contributed by atoms with Gasteiger partial charge in [-0.05, 0) is 17.7 Å². The van der Waals surface area contributed by atoms with Crippen LogP contribution in [0, 0.1) is 0 Å². The highest BCUT2D eigenvalue weighted by Gasteiger charge is 2.21. The minimum absolute atomic E-state index is 0.0726. The molecule has 1 aliphatic rings. The number of ether oxygens (including phenoxy) is 1. The van der Waals surface area contributed by atoms with Gasteiger partial charge in [0.15, 0.2) is 0 Å². The van der Waals surface area contributed by atoms with E-state index in [4.69, 9.17) is 4.74 Å². The van der Waals surface area contributed by atoms with Crippen LogP contribution in [0.3, 0.4) is 0 Å². The average molecular weight is 325 g/mol. The highest BCUT2D eigenvalue weighted by atomic mass is 16.5. The molecule has 0 aliphatic carbocycles. The van der Waals surface area contributed by atoms with Crippen LogP contribution >= 0.6 is 0 Å². The fraction of sp³-hybridized carbons (Fsp3) is 0.368. The molecule has 5 nitrogen and oxygen atoms in total. The van der Waals surface area contributed by atoms with Crippen molar-refractivity contribution in [3.8, 4) is 0 Å². The van der Waals surface area contributed by atoms with Crippen LogP contribution < -0.4 is 0 Å². The summed E-state index contributed by atoms with van der Waals surface area (Å²) in [5.41, 5.74) is 2.16. The van der Waals surface area contributed by atoms with Crippen LogP contribution in [0.2, 0.25) is 0 Å². The molecule has 1 saturated heterocycles. The van der Waals surface area contributed by atoms with Gasteiger partial charge in [-0.2, -0.15) is 0 Å². The quantitative estimate of drug-likeness (QED) is 0.814. The lowest BCUT2D eigenvalue weighted by Gasteiger charge is -2.34. The zero-order valence-corrected chi connectivity index (χ0v) is 13.8. The summed E-state index contributed by atoms with van der Waals surface area (Å²) in [5.74, 6) is 0.0726. The first-order valence-electron chi connectivity index (χ1n) is 8.33. The minimum Gasteiger partial charge on any atom is -0.367 e. The molecule has 1 amide bonds. The first kappa shape index (κ1) is 16.6. The number of piperazine rings is 1. The van der Waals surface area contributed by atoms with Gasteiger partial charge < -0.3 is 9.64 Å². The number of nitrogens with zero attached hydrogens (tertiary/aromatic N) is 3. The van der Waals surface area contributed by atoms with Gasteiger partial charge in [-0.25, -0.2) is 0 Å². The molecule has 1 aromatic heterocycles. The lowest BCUT2D eigenvalue weighted by atomic mass is 10.2. The molecule has 0 radical (unpaired) electrons. The van der Waals surface area contributed by atoms with E-state index >= 15 is 0 Å². The van der Waals surface area contributed by atoms with Gasteiger partial charge >= 0.3 is 0 Å². The van der Waals surface area contributed by atoms with Crippen molar-refractivity contribution in [1.29, 1.82) is 0 Å². The second-order valence-corrected chi connectivity index (χ2v) is 5.96. The van der Waals surface area contributed by atoms with Crippen LogP contribution in [0.1, 0.15) is 11.3 Å². The maximum Gasteiger partial charge on any atom is 0.248 e. The number of aromatic nitrogens is 1. The molecule has 24 heavy (non-hydrogen) atoms. The monoisotopic (exact) mass is 325 g/mol. The Labute approximate surface area is 142 Å². The Morgan fingerprint density at radius 3 is 2.46 bits per heavy atom. The smallest absolute Gasteiger partial charge is 0.248 e. The Morgan fingerprint density at radius 2 is 1.75 bits per heavy atom. The molecule has 0 bridgehead atoms. The second-order valence-electron chi connectivity index (χ2n) is 5.96. The van der Waals surface area contributed by atoms with Gasteiger partial charge in [-0.1, -0.05) is 36.4 Å². The Balaban J connectivity index is 1.37. The predicted molar refractivity (Wildman–Crippen MR) is 92.2 cm³/mol. The molecular weight excluding hydrogens is 302 g/mol. The number of hydrogen-bond donors (Lipinski definition) is 0. The van der Waals surface area contributed by atoms with Gasteiger partial charge in [0.1, 0.15) is 6.61 Å². The van der Waals surface area contributed by atoms with Crippen LogP contribution in [0.15, 0.2) is 54.7 Å². The summed E-state index contributed by atoms with van der Waals surface area (Å²) < 4.78 is 5.54. The first-order chi connectivity index (χ1) is 11.8. The summed E-state index contributed by atoms with van der Waals surface area (Å²) in [6.45, 7) is 4.72. The molecule has 1 fully saturated rings. The zero-order chi connectivity index (χ0) is 16.6. The second kappa shape index (κ2) is 8.57. The molecule has 1 aromatic carbocycles. The van der Waals surface area contributed by atoms with E-state index in [2.05, 4.69) is 9.88 Å². The highest BCUT2D eigenvalue weighted by Crippen LogP contribution is 2.07. The number of hydrogen-bond acceptors (Lipinski definition) is 4. The van der Waals surface area contributed by atoms with Crippen molar-refractivity contribution in [2.45, 2.75) is 13.2 Å². The van der Waals surface area contributed by atoms with Crippen LogP contribution in [0.25, 0.3) is 0 Å². The van der Waals surface area contributed by atoms with Crippen LogP contribution in [0.5, 0.6) is 0 Å². The standard InChI is InChI=1S/C19H23N3O2/c23-19(16-24-15-17-6-2-1-3-7-17)22-12-10-21(11-13-22)14-18-8-4-5-9-20-18/h1-9H,10-16H2. The van der Waals surface area contributed by atoms with Gasteiger partial charge in [-0.15, -0.1) is 0 Å². The van der Waals surface area contributed by atoms with Crippen LogP contribution in [-0.4, -0.2) is 53.5 Å². The third-order valence-corrected chi connectivity index (χ3v) is 4.17. The van der Waals surface area contributed by atoms with E-state index < -0.39 is 0 Å². The van der Waals surface area contributed by atoms with Crippen molar-refractivity contribution < 1.29 is 9.53 Å².